The number of imide groups is 1. The fraction of sp³-hybridized carbons (Fsp3) is 0.304. The molecule has 0 aromatic heterocycles. The van der Waals surface area contributed by atoms with E-state index < -0.39 is 42.3 Å². The van der Waals surface area contributed by atoms with Crippen LogP contribution in [0.3, 0.4) is 0 Å². The van der Waals surface area contributed by atoms with Crippen molar-refractivity contribution in [3.05, 3.63) is 71.8 Å². The van der Waals surface area contributed by atoms with Gasteiger partial charge in [0.2, 0.25) is 11.8 Å². The molecule has 2 aromatic rings. The number of nitrogens with two attached hydrogens (primary N) is 1. The predicted octanol–water partition coefficient (Wildman–Crippen LogP) is 0.934. The molecular weight excluding hydrogens is 398 g/mol. The second kappa shape index (κ2) is 10.5. The van der Waals surface area contributed by atoms with Gasteiger partial charge in [-0.2, -0.15) is 0 Å². The molecule has 8 heteroatoms. The van der Waals surface area contributed by atoms with E-state index in [0.717, 1.165) is 16.0 Å². The van der Waals surface area contributed by atoms with E-state index in [9.17, 15) is 19.2 Å². The van der Waals surface area contributed by atoms with Crippen molar-refractivity contribution < 1.29 is 23.9 Å². The van der Waals surface area contributed by atoms with Crippen molar-refractivity contribution in [2.45, 2.75) is 38.0 Å². The Balaban J connectivity index is 1.53. The minimum Gasteiger partial charge on any atom is -0.459 e. The van der Waals surface area contributed by atoms with Crippen LogP contribution in [0.5, 0.6) is 0 Å². The molecule has 0 aliphatic carbocycles. The number of benzene rings is 2. The number of carbonyl (C=O) groups is 4. The van der Waals surface area contributed by atoms with Crippen LogP contribution in [0.15, 0.2) is 60.7 Å². The van der Waals surface area contributed by atoms with Gasteiger partial charge in [-0.25, -0.2) is 0 Å². The number of piperidine rings is 1. The molecule has 1 saturated heterocycles. The fourth-order valence-electron chi connectivity index (χ4n) is 3.29. The molecule has 1 aliphatic heterocycles. The Hall–Kier alpha value is -3.52. The van der Waals surface area contributed by atoms with Crippen molar-refractivity contribution in [2.24, 2.45) is 5.73 Å². The number of esters is 1. The van der Waals surface area contributed by atoms with Crippen LogP contribution in [0, 0.1) is 0 Å². The van der Waals surface area contributed by atoms with Crippen molar-refractivity contribution in [3.8, 4) is 0 Å². The molecule has 0 radical (unpaired) electrons. The van der Waals surface area contributed by atoms with E-state index >= 15 is 0 Å². The van der Waals surface area contributed by atoms with E-state index in [1.807, 2.05) is 48.5 Å². The number of hydrogen-bond donors (Lipinski definition) is 2. The number of nitrogens with zero attached hydrogens (tertiary/aromatic N) is 1. The van der Waals surface area contributed by atoms with Gasteiger partial charge in [0.05, 0.1) is 6.04 Å². The summed E-state index contributed by atoms with van der Waals surface area (Å²) in [5.74, 6) is -2.28. The smallest absolute Gasteiger partial charge is 0.326 e. The van der Waals surface area contributed by atoms with Crippen LogP contribution in [0.2, 0.25) is 0 Å². The van der Waals surface area contributed by atoms with Gasteiger partial charge in [-0.3, -0.25) is 24.1 Å². The molecule has 1 fully saturated rings. The Kier molecular flexibility index (Phi) is 7.50. The summed E-state index contributed by atoms with van der Waals surface area (Å²) in [6.45, 7) is -0.447. The maximum Gasteiger partial charge on any atom is 0.326 e. The van der Waals surface area contributed by atoms with Crippen LogP contribution < -0.4 is 11.1 Å². The van der Waals surface area contributed by atoms with Crippen LogP contribution in [-0.2, 0) is 36.9 Å². The third-order valence-corrected chi connectivity index (χ3v) is 4.99. The van der Waals surface area contributed by atoms with Gasteiger partial charge in [0.25, 0.3) is 5.91 Å². The topological polar surface area (TPSA) is 119 Å². The third-order valence-electron chi connectivity index (χ3n) is 4.99. The van der Waals surface area contributed by atoms with Crippen LogP contribution in [0.1, 0.15) is 24.0 Å². The van der Waals surface area contributed by atoms with E-state index in [2.05, 4.69) is 5.32 Å². The number of likely N-dealkylation sites (tertiary alicyclic amines) is 1. The average Bonchev–Trinajstić information content (AvgIpc) is 2.78. The molecule has 0 unspecified atom stereocenters. The number of amides is 3. The monoisotopic (exact) mass is 423 g/mol. The molecule has 162 valence electrons. The lowest BCUT2D eigenvalue weighted by Gasteiger charge is -2.31. The quantitative estimate of drug-likeness (QED) is 0.482. The highest BCUT2D eigenvalue weighted by Gasteiger charge is 2.37. The van der Waals surface area contributed by atoms with Gasteiger partial charge < -0.3 is 15.8 Å². The lowest BCUT2D eigenvalue weighted by Crippen LogP contribution is -2.58. The molecule has 3 amide bonds. The van der Waals surface area contributed by atoms with Crippen molar-refractivity contribution in [1.82, 2.24) is 10.2 Å². The summed E-state index contributed by atoms with van der Waals surface area (Å²) in [5, 5.41) is 2.61. The van der Waals surface area contributed by atoms with Crippen LogP contribution in [0.4, 0.5) is 0 Å². The summed E-state index contributed by atoms with van der Waals surface area (Å²) in [6.07, 6.45) is 0.523. The van der Waals surface area contributed by atoms with Crippen molar-refractivity contribution >= 4 is 23.7 Å². The molecule has 3 N–H and O–H groups in total. The lowest BCUT2D eigenvalue weighted by molar-refractivity contribution is -0.159. The number of ether oxygens (including phenoxy) is 1. The summed E-state index contributed by atoms with van der Waals surface area (Å²) >= 11 is 0. The molecule has 3 rings (SSSR count). The highest BCUT2D eigenvalue weighted by Crippen LogP contribution is 2.14. The maximum absolute atomic E-state index is 12.7. The third kappa shape index (κ3) is 6.23. The first-order chi connectivity index (χ1) is 14.9. The zero-order chi connectivity index (χ0) is 22.2. The largest absolute Gasteiger partial charge is 0.459 e. The Bertz CT molecular complexity index is 933. The SMILES string of the molecule is N[C@@H](Cc1ccccc1)C(=O)N[C@H]1CCC(=O)N(CC(=O)OCc2ccccc2)C1=O. The average molecular weight is 423 g/mol. The van der Waals surface area contributed by atoms with E-state index in [1.54, 1.807) is 12.1 Å². The summed E-state index contributed by atoms with van der Waals surface area (Å²) < 4.78 is 5.16. The molecule has 2 atom stereocenters. The van der Waals surface area contributed by atoms with Crippen molar-refractivity contribution in [1.29, 1.82) is 0 Å². The second-order valence-corrected chi connectivity index (χ2v) is 7.36. The zero-order valence-electron chi connectivity index (χ0n) is 17.0. The Morgan fingerprint density at radius 2 is 1.65 bits per heavy atom. The van der Waals surface area contributed by atoms with E-state index in [0.29, 0.717) is 6.42 Å². The molecule has 31 heavy (non-hydrogen) atoms. The van der Waals surface area contributed by atoms with Gasteiger partial charge in [0.1, 0.15) is 19.2 Å². The maximum atomic E-state index is 12.7. The molecule has 1 aliphatic rings. The second-order valence-electron chi connectivity index (χ2n) is 7.36. The Morgan fingerprint density at radius 3 is 2.29 bits per heavy atom. The highest BCUT2D eigenvalue weighted by atomic mass is 16.5. The molecule has 1 heterocycles. The van der Waals surface area contributed by atoms with Gasteiger partial charge in [0, 0.05) is 6.42 Å². The van der Waals surface area contributed by atoms with Crippen molar-refractivity contribution in [2.75, 3.05) is 6.54 Å². The first-order valence-electron chi connectivity index (χ1n) is 10.1. The highest BCUT2D eigenvalue weighted by molar-refractivity contribution is 6.04. The van der Waals surface area contributed by atoms with Gasteiger partial charge in [0.15, 0.2) is 0 Å². The summed E-state index contributed by atoms with van der Waals surface area (Å²) in [5.41, 5.74) is 7.67. The molecule has 8 nitrogen and oxygen atoms in total. The number of nitrogens with one attached hydrogen (secondary N) is 1. The van der Waals surface area contributed by atoms with E-state index in [-0.39, 0.29) is 19.4 Å². The fourth-order valence-corrected chi connectivity index (χ4v) is 3.29. The van der Waals surface area contributed by atoms with Gasteiger partial charge in [-0.15, -0.1) is 0 Å². The van der Waals surface area contributed by atoms with Crippen LogP contribution in [0.25, 0.3) is 0 Å². The zero-order valence-corrected chi connectivity index (χ0v) is 17.0. The first-order valence-corrected chi connectivity index (χ1v) is 10.1. The van der Waals surface area contributed by atoms with Gasteiger partial charge >= 0.3 is 5.97 Å². The molecule has 0 saturated carbocycles. The number of hydrogen-bond acceptors (Lipinski definition) is 6. The standard InChI is InChI=1S/C23H25N3O5/c24-18(13-16-7-3-1-4-8-16)22(29)25-19-11-12-20(27)26(23(19)30)14-21(28)31-15-17-9-5-2-6-10-17/h1-10,18-19H,11-15,24H2,(H,25,29)/t18-,19-/m0/s1. The van der Waals surface area contributed by atoms with Crippen LogP contribution >= 0.6 is 0 Å². The molecule has 0 spiro atoms. The molecule has 0 bridgehead atoms. The Morgan fingerprint density at radius 1 is 1.03 bits per heavy atom. The molecular formula is C23H25N3O5. The Labute approximate surface area is 180 Å². The molecule has 2 aromatic carbocycles. The predicted molar refractivity (Wildman–Crippen MR) is 112 cm³/mol. The summed E-state index contributed by atoms with van der Waals surface area (Å²) in [4.78, 5) is 50.3. The van der Waals surface area contributed by atoms with Gasteiger partial charge in [-0.05, 0) is 24.0 Å². The number of carbonyl (C=O) groups excluding carboxylic acids is 4. The van der Waals surface area contributed by atoms with Crippen LogP contribution in [-0.4, -0.2) is 47.2 Å². The number of rotatable bonds is 8. The lowest BCUT2D eigenvalue weighted by atomic mass is 10.0. The normalized spacial score (nSPS) is 17.2. The minimum absolute atomic E-state index is 0.0383. The summed E-state index contributed by atoms with van der Waals surface area (Å²) in [6, 6.07) is 16.6. The van der Waals surface area contributed by atoms with E-state index in [4.69, 9.17) is 10.5 Å². The first kappa shape index (κ1) is 22.2. The minimum atomic E-state index is -0.908. The summed E-state index contributed by atoms with van der Waals surface area (Å²) in [7, 11) is 0. The van der Waals surface area contributed by atoms with Crippen molar-refractivity contribution in [3.63, 3.8) is 0 Å². The van der Waals surface area contributed by atoms with E-state index in [1.165, 1.54) is 0 Å². The van der Waals surface area contributed by atoms with Gasteiger partial charge in [-0.1, -0.05) is 60.7 Å².